The second kappa shape index (κ2) is 7.34. The van der Waals surface area contributed by atoms with E-state index in [-0.39, 0.29) is 0 Å². The van der Waals surface area contributed by atoms with Crippen LogP contribution in [0.15, 0.2) is 65.8 Å². The van der Waals surface area contributed by atoms with Gasteiger partial charge in [-0.1, -0.05) is 54.1 Å². The number of methoxy groups -OCH3 is 1. The lowest BCUT2D eigenvalue weighted by atomic mass is 10.0. The minimum absolute atomic E-state index is 0.389. The van der Waals surface area contributed by atoms with Crippen LogP contribution >= 0.6 is 23.8 Å². The van der Waals surface area contributed by atoms with E-state index in [9.17, 15) is 0 Å². The van der Waals surface area contributed by atoms with E-state index in [4.69, 9.17) is 28.6 Å². The van der Waals surface area contributed by atoms with Crippen LogP contribution in [-0.2, 0) is 0 Å². The Morgan fingerprint density at radius 2 is 2.00 bits per heavy atom. The van der Waals surface area contributed by atoms with Gasteiger partial charge in [0.15, 0.2) is 5.82 Å². The van der Waals surface area contributed by atoms with Gasteiger partial charge in [0.25, 0.3) is 0 Å². The van der Waals surface area contributed by atoms with Gasteiger partial charge < -0.3 is 4.74 Å². The summed E-state index contributed by atoms with van der Waals surface area (Å²) in [6.07, 6.45) is 1.74. The zero-order valence-electron chi connectivity index (χ0n) is 14.4. The Balaban J connectivity index is 1.85. The average Bonchev–Trinajstić information content (AvgIpc) is 3.06. The topological polar surface area (TPSA) is 55.2 Å². The molecule has 1 N–H and O–H groups in total. The molecule has 4 aromatic rings. The van der Waals surface area contributed by atoms with E-state index in [0.717, 1.165) is 27.6 Å². The van der Waals surface area contributed by atoms with Crippen molar-refractivity contribution < 1.29 is 4.74 Å². The third-order valence-electron chi connectivity index (χ3n) is 4.19. The number of aromatic amines is 1. The van der Waals surface area contributed by atoms with E-state index in [1.807, 2.05) is 54.6 Å². The Kier molecular flexibility index (Phi) is 4.75. The van der Waals surface area contributed by atoms with Crippen molar-refractivity contribution in [2.75, 3.05) is 7.11 Å². The molecular weight excluding hydrogens is 380 g/mol. The molecule has 3 aromatic carbocycles. The maximum atomic E-state index is 6.10. The van der Waals surface area contributed by atoms with Crippen molar-refractivity contribution in [2.24, 2.45) is 5.10 Å². The molecule has 0 aliphatic heterocycles. The molecule has 1 aromatic heterocycles. The number of H-pyrrole nitrogens is 1. The van der Waals surface area contributed by atoms with E-state index >= 15 is 0 Å². The Morgan fingerprint density at radius 1 is 1.15 bits per heavy atom. The summed E-state index contributed by atoms with van der Waals surface area (Å²) in [4.78, 5) is 0. The second-order valence-corrected chi connectivity index (χ2v) is 6.64. The first-order valence-electron chi connectivity index (χ1n) is 8.21. The number of nitrogens with zero attached hydrogens (tertiary/aromatic N) is 3. The Bertz CT molecular complexity index is 1210. The van der Waals surface area contributed by atoms with E-state index in [2.05, 4.69) is 15.3 Å². The minimum Gasteiger partial charge on any atom is -0.496 e. The van der Waals surface area contributed by atoms with E-state index in [1.54, 1.807) is 24.1 Å². The van der Waals surface area contributed by atoms with Gasteiger partial charge in [0, 0.05) is 16.1 Å². The maximum Gasteiger partial charge on any atom is 0.216 e. The number of aromatic nitrogens is 3. The van der Waals surface area contributed by atoms with E-state index in [0.29, 0.717) is 15.6 Å². The predicted octanol–water partition coefficient (Wildman–Crippen LogP) is 5.31. The fourth-order valence-corrected chi connectivity index (χ4v) is 3.28. The van der Waals surface area contributed by atoms with Gasteiger partial charge in [0.05, 0.1) is 13.3 Å². The number of ether oxygens (including phenoxy) is 1. The van der Waals surface area contributed by atoms with E-state index < -0.39 is 0 Å². The van der Waals surface area contributed by atoms with Crippen molar-refractivity contribution in [1.29, 1.82) is 0 Å². The highest BCUT2D eigenvalue weighted by molar-refractivity contribution is 7.71. The summed E-state index contributed by atoms with van der Waals surface area (Å²) in [6, 6.07) is 19.4. The average molecular weight is 395 g/mol. The van der Waals surface area contributed by atoms with E-state index in [1.165, 1.54) is 0 Å². The monoisotopic (exact) mass is 394 g/mol. The van der Waals surface area contributed by atoms with Crippen LogP contribution in [0.2, 0.25) is 5.02 Å². The number of hydrogen-bond acceptors (Lipinski definition) is 4. The highest BCUT2D eigenvalue weighted by Gasteiger charge is 2.10. The molecule has 27 heavy (non-hydrogen) atoms. The molecule has 7 heteroatoms. The van der Waals surface area contributed by atoms with Crippen molar-refractivity contribution in [1.82, 2.24) is 14.9 Å². The predicted molar refractivity (Wildman–Crippen MR) is 111 cm³/mol. The number of nitrogens with one attached hydrogen (secondary N) is 1. The normalized spacial score (nSPS) is 11.3. The first-order chi connectivity index (χ1) is 13.2. The zero-order chi connectivity index (χ0) is 18.8. The lowest BCUT2D eigenvalue weighted by Gasteiger charge is -2.08. The zero-order valence-corrected chi connectivity index (χ0v) is 16.0. The number of halogens is 1. The lowest BCUT2D eigenvalue weighted by Crippen LogP contribution is -1.97. The Morgan fingerprint density at radius 3 is 2.81 bits per heavy atom. The molecule has 0 aliphatic rings. The van der Waals surface area contributed by atoms with Crippen LogP contribution in [0.5, 0.6) is 5.75 Å². The summed E-state index contributed by atoms with van der Waals surface area (Å²) in [7, 11) is 1.64. The van der Waals surface area contributed by atoms with Crippen molar-refractivity contribution in [2.45, 2.75) is 0 Å². The number of fused-ring (bicyclic) bond motifs is 1. The van der Waals surface area contributed by atoms with Crippen LogP contribution in [0.3, 0.4) is 0 Å². The minimum atomic E-state index is 0.389. The molecule has 0 saturated carbocycles. The Hall–Kier alpha value is -2.96. The molecule has 0 unspecified atom stereocenters. The third kappa shape index (κ3) is 3.37. The highest BCUT2D eigenvalue weighted by Crippen LogP contribution is 2.27. The highest BCUT2D eigenvalue weighted by atomic mass is 35.5. The lowest BCUT2D eigenvalue weighted by molar-refractivity contribution is 0.415. The van der Waals surface area contributed by atoms with Crippen molar-refractivity contribution >= 4 is 40.8 Å². The van der Waals surface area contributed by atoms with Crippen LogP contribution in [0.1, 0.15) is 5.56 Å². The largest absolute Gasteiger partial charge is 0.496 e. The van der Waals surface area contributed by atoms with Crippen LogP contribution in [0.25, 0.3) is 22.2 Å². The van der Waals surface area contributed by atoms with Crippen LogP contribution < -0.4 is 4.74 Å². The van der Waals surface area contributed by atoms with Crippen LogP contribution in [-0.4, -0.2) is 28.2 Å². The fraction of sp³-hybridized carbons (Fsp3) is 0.0500. The quantitative estimate of drug-likeness (QED) is 0.377. The number of rotatable bonds is 4. The summed E-state index contributed by atoms with van der Waals surface area (Å²) < 4.78 is 7.48. The van der Waals surface area contributed by atoms with Crippen LogP contribution in [0, 0.1) is 4.77 Å². The van der Waals surface area contributed by atoms with Gasteiger partial charge >= 0.3 is 0 Å². The van der Waals surface area contributed by atoms with Crippen molar-refractivity contribution in [3.63, 3.8) is 0 Å². The first-order valence-corrected chi connectivity index (χ1v) is 8.99. The summed E-state index contributed by atoms with van der Waals surface area (Å²) in [5.41, 5.74) is 1.69. The Labute approximate surface area is 165 Å². The SMILES string of the molecule is COc1ccc2ccccc2c1/C=N/n1c(-c2cccc(Cl)c2)n[nH]c1=S. The standard InChI is InChI=1S/C20H15ClN4OS/c1-26-18-10-9-13-5-2-3-8-16(13)17(18)12-22-25-19(23-24-20(25)27)14-6-4-7-15(21)11-14/h2-12H,1H3,(H,24,27)/b22-12+. The van der Waals surface area contributed by atoms with Gasteiger partial charge in [0.1, 0.15) is 5.75 Å². The molecule has 0 spiro atoms. The molecule has 0 bridgehead atoms. The molecule has 4 rings (SSSR count). The van der Waals surface area contributed by atoms with Crippen molar-refractivity contribution in [3.8, 4) is 17.1 Å². The molecule has 0 amide bonds. The molecular formula is C20H15ClN4OS. The van der Waals surface area contributed by atoms with Gasteiger partial charge in [-0.2, -0.15) is 14.9 Å². The maximum absolute atomic E-state index is 6.10. The van der Waals surface area contributed by atoms with Gasteiger partial charge in [-0.25, -0.2) is 5.10 Å². The fourth-order valence-electron chi connectivity index (χ4n) is 2.92. The smallest absolute Gasteiger partial charge is 0.216 e. The number of hydrogen-bond donors (Lipinski definition) is 1. The summed E-state index contributed by atoms with van der Waals surface area (Å²) >= 11 is 11.4. The van der Waals surface area contributed by atoms with Gasteiger partial charge in [0.2, 0.25) is 4.77 Å². The van der Waals surface area contributed by atoms with Gasteiger partial charge in [-0.3, -0.25) is 0 Å². The molecule has 0 aliphatic carbocycles. The molecule has 1 heterocycles. The molecule has 5 nitrogen and oxygen atoms in total. The molecule has 0 radical (unpaired) electrons. The second-order valence-electron chi connectivity index (χ2n) is 5.82. The van der Waals surface area contributed by atoms with Gasteiger partial charge in [-0.05, 0) is 41.2 Å². The van der Waals surface area contributed by atoms with Crippen LogP contribution in [0.4, 0.5) is 0 Å². The molecule has 0 atom stereocenters. The first kappa shape index (κ1) is 17.5. The molecule has 134 valence electrons. The summed E-state index contributed by atoms with van der Waals surface area (Å²) in [5, 5.41) is 14.4. The summed E-state index contributed by atoms with van der Waals surface area (Å²) in [5.74, 6) is 1.31. The summed E-state index contributed by atoms with van der Waals surface area (Å²) in [6.45, 7) is 0. The molecule has 0 saturated heterocycles. The third-order valence-corrected chi connectivity index (χ3v) is 4.69. The molecule has 0 fully saturated rings. The van der Waals surface area contributed by atoms with Gasteiger partial charge in [-0.15, -0.1) is 0 Å². The van der Waals surface area contributed by atoms with Crippen molar-refractivity contribution in [3.05, 3.63) is 76.0 Å². The number of benzene rings is 3.